The van der Waals surface area contributed by atoms with Crippen LogP contribution in [-0.2, 0) is 5.41 Å². The largest absolute Gasteiger partial charge is 0.0925 e. The number of rotatable bonds is 2. The molecule has 0 aliphatic heterocycles. The fourth-order valence-corrected chi connectivity index (χ4v) is 3.07. The number of aryl methyl sites for hydroxylation is 2. The SMILES string of the molecule is Cc1ccc(C2(C)CC2CBr)cc1C. The lowest BCUT2D eigenvalue weighted by molar-refractivity contribution is 0.709. The van der Waals surface area contributed by atoms with Gasteiger partial charge >= 0.3 is 0 Å². The highest BCUT2D eigenvalue weighted by Gasteiger charge is 2.50. The van der Waals surface area contributed by atoms with Crippen LogP contribution >= 0.6 is 15.9 Å². The summed E-state index contributed by atoms with van der Waals surface area (Å²) in [4.78, 5) is 0. The minimum atomic E-state index is 0.446. The van der Waals surface area contributed by atoms with Crippen molar-refractivity contribution in [2.45, 2.75) is 32.6 Å². The van der Waals surface area contributed by atoms with Crippen LogP contribution in [0, 0.1) is 19.8 Å². The van der Waals surface area contributed by atoms with Crippen molar-refractivity contribution in [2.24, 2.45) is 5.92 Å². The Morgan fingerprint density at radius 2 is 2.07 bits per heavy atom. The van der Waals surface area contributed by atoms with Crippen LogP contribution in [0.3, 0.4) is 0 Å². The molecule has 1 fully saturated rings. The van der Waals surface area contributed by atoms with Gasteiger partial charge in [-0.3, -0.25) is 0 Å². The molecule has 14 heavy (non-hydrogen) atoms. The molecule has 2 rings (SSSR count). The van der Waals surface area contributed by atoms with Crippen molar-refractivity contribution in [1.29, 1.82) is 0 Å². The molecule has 0 N–H and O–H groups in total. The molecule has 2 unspecified atom stereocenters. The number of benzene rings is 1. The summed E-state index contributed by atoms with van der Waals surface area (Å²) in [5.74, 6) is 0.838. The van der Waals surface area contributed by atoms with E-state index in [2.05, 4.69) is 54.9 Å². The molecule has 0 aromatic heterocycles. The van der Waals surface area contributed by atoms with Crippen molar-refractivity contribution < 1.29 is 0 Å². The van der Waals surface area contributed by atoms with Crippen molar-refractivity contribution in [3.05, 3.63) is 34.9 Å². The van der Waals surface area contributed by atoms with Gasteiger partial charge in [-0.2, -0.15) is 0 Å². The highest BCUT2D eigenvalue weighted by Crippen LogP contribution is 2.54. The first kappa shape index (κ1) is 10.2. The maximum atomic E-state index is 3.58. The fourth-order valence-electron chi connectivity index (χ4n) is 2.13. The maximum absolute atomic E-state index is 3.58. The Morgan fingerprint density at radius 3 is 2.57 bits per heavy atom. The van der Waals surface area contributed by atoms with Crippen molar-refractivity contribution in [2.75, 3.05) is 5.33 Å². The first-order chi connectivity index (χ1) is 6.58. The predicted molar refractivity (Wildman–Crippen MR) is 65.2 cm³/mol. The highest BCUT2D eigenvalue weighted by molar-refractivity contribution is 9.09. The second-order valence-corrected chi connectivity index (χ2v) is 5.42. The third kappa shape index (κ3) is 1.52. The summed E-state index contributed by atoms with van der Waals surface area (Å²) in [7, 11) is 0. The molecule has 1 saturated carbocycles. The van der Waals surface area contributed by atoms with Crippen LogP contribution in [0.15, 0.2) is 18.2 Å². The molecule has 0 radical (unpaired) electrons. The molecule has 1 heteroatoms. The molecule has 2 atom stereocenters. The van der Waals surface area contributed by atoms with Gasteiger partial charge in [-0.1, -0.05) is 41.1 Å². The van der Waals surface area contributed by atoms with E-state index in [4.69, 9.17) is 0 Å². The van der Waals surface area contributed by atoms with Crippen molar-refractivity contribution in [3.8, 4) is 0 Å². The molecule has 0 spiro atoms. The first-order valence-electron chi connectivity index (χ1n) is 5.21. The highest BCUT2D eigenvalue weighted by atomic mass is 79.9. The Morgan fingerprint density at radius 1 is 1.36 bits per heavy atom. The monoisotopic (exact) mass is 252 g/mol. The fraction of sp³-hybridized carbons (Fsp3) is 0.538. The summed E-state index contributed by atoms with van der Waals surface area (Å²) < 4.78 is 0. The Hall–Kier alpha value is -0.300. The smallest absolute Gasteiger partial charge is 0.00684 e. The van der Waals surface area contributed by atoms with Crippen LogP contribution in [0.25, 0.3) is 0 Å². The van der Waals surface area contributed by atoms with E-state index in [0.29, 0.717) is 5.41 Å². The van der Waals surface area contributed by atoms with Gasteiger partial charge in [0.2, 0.25) is 0 Å². The quantitative estimate of drug-likeness (QED) is 0.699. The third-order valence-electron chi connectivity index (χ3n) is 3.76. The summed E-state index contributed by atoms with van der Waals surface area (Å²) >= 11 is 3.58. The second kappa shape index (κ2) is 3.37. The van der Waals surface area contributed by atoms with Crippen LogP contribution in [0.2, 0.25) is 0 Å². The van der Waals surface area contributed by atoms with E-state index in [0.717, 1.165) is 11.2 Å². The zero-order valence-corrected chi connectivity index (χ0v) is 10.7. The number of alkyl halides is 1. The average molecular weight is 253 g/mol. The molecule has 0 amide bonds. The molecule has 0 saturated heterocycles. The van der Waals surface area contributed by atoms with Crippen molar-refractivity contribution in [3.63, 3.8) is 0 Å². The van der Waals surface area contributed by atoms with E-state index in [9.17, 15) is 0 Å². The molecule has 1 aromatic rings. The summed E-state index contributed by atoms with van der Waals surface area (Å²) in [6, 6.07) is 6.91. The molecular weight excluding hydrogens is 236 g/mol. The Kier molecular flexibility index (Phi) is 2.46. The molecule has 0 bridgehead atoms. The first-order valence-corrected chi connectivity index (χ1v) is 6.34. The lowest BCUT2D eigenvalue weighted by Gasteiger charge is -2.13. The minimum Gasteiger partial charge on any atom is -0.0925 e. The van der Waals surface area contributed by atoms with Crippen LogP contribution in [0.5, 0.6) is 0 Å². The summed E-state index contributed by atoms with van der Waals surface area (Å²) in [5, 5.41) is 1.14. The van der Waals surface area contributed by atoms with Crippen molar-refractivity contribution >= 4 is 15.9 Å². The van der Waals surface area contributed by atoms with Crippen LogP contribution in [0.1, 0.15) is 30.0 Å². The van der Waals surface area contributed by atoms with Crippen LogP contribution < -0.4 is 0 Å². The van der Waals surface area contributed by atoms with E-state index in [-0.39, 0.29) is 0 Å². The van der Waals surface area contributed by atoms with E-state index in [1.165, 1.54) is 23.1 Å². The van der Waals surface area contributed by atoms with E-state index < -0.39 is 0 Å². The van der Waals surface area contributed by atoms with Gasteiger partial charge in [0.15, 0.2) is 0 Å². The Labute approximate surface area is 94.8 Å². The topological polar surface area (TPSA) is 0 Å². The van der Waals surface area contributed by atoms with E-state index in [1.54, 1.807) is 0 Å². The Balaban J connectivity index is 2.31. The molecular formula is C13H17Br. The summed E-state index contributed by atoms with van der Waals surface area (Å²) in [5.41, 5.74) is 4.78. The average Bonchev–Trinajstić information content (AvgIpc) is 2.83. The summed E-state index contributed by atoms with van der Waals surface area (Å²) in [6.07, 6.45) is 1.33. The predicted octanol–water partition coefficient (Wildman–Crippen LogP) is 3.98. The van der Waals surface area contributed by atoms with Gasteiger partial charge in [-0.25, -0.2) is 0 Å². The molecule has 76 valence electrons. The van der Waals surface area contributed by atoms with Gasteiger partial charge in [0, 0.05) is 5.33 Å². The second-order valence-electron chi connectivity index (χ2n) is 4.77. The maximum Gasteiger partial charge on any atom is 0.00684 e. The lowest BCUT2D eigenvalue weighted by atomic mass is 9.93. The van der Waals surface area contributed by atoms with E-state index in [1.807, 2.05) is 0 Å². The lowest BCUT2D eigenvalue weighted by Crippen LogP contribution is -2.05. The Bertz CT molecular complexity index is 356. The zero-order valence-electron chi connectivity index (χ0n) is 9.10. The van der Waals surface area contributed by atoms with Crippen LogP contribution in [0.4, 0.5) is 0 Å². The van der Waals surface area contributed by atoms with Crippen LogP contribution in [-0.4, -0.2) is 5.33 Å². The van der Waals surface area contributed by atoms with Gasteiger partial charge in [0.05, 0.1) is 0 Å². The zero-order chi connectivity index (χ0) is 10.3. The normalized spacial score (nSPS) is 30.4. The number of hydrogen-bond acceptors (Lipinski definition) is 0. The van der Waals surface area contributed by atoms with Gasteiger partial charge in [-0.05, 0) is 48.3 Å². The molecule has 0 heterocycles. The van der Waals surface area contributed by atoms with Crippen molar-refractivity contribution in [1.82, 2.24) is 0 Å². The van der Waals surface area contributed by atoms with Gasteiger partial charge < -0.3 is 0 Å². The molecule has 1 aromatic carbocycles. The van der Waals surface area contributed by atoms with Gasteiger partial charge in [0.1, 0.15) is 0 Å². The standard InChI is InChI=1S/C13H17Br/c1-9-4-5-11(6-10(9)2)13(3)7-12(13)8-14/h4-6,12H,7-8H2,1-3H3. The van der Waals surface area contributed by atoms with E-state index >= 15 is 0 Å². The number of halogens is 1. The molecule has 1 aliphatic carbocycles. The summed E-state index contributed by atoms with van der Waals surface area (Å²) in [6.45, 7) is 6.76. The molecule has 1 aliphatic rings. The van der Waals surface area contributed by atoms with Gasteiger partial charge in [0.25, 0.3) is 0 Å². The minimum absolute atomic E-state index is 0.446. The third-order valence-corrected chi connectivity index (χ3v) is 4.55. The van der Waals surface area contributed by atoms with Gasteiger partial charge in [-0.15, -0.1) is 0 Å². The molecule has 0 nitrogen and oxygen atoms in total. The number of hydrogen-bond donors (Lipinski definition) is 0.